The molecule has 0 saturated carbocycles. The van der Waals surface area contributed by atoms with Crippen LogP contribution in [-0.2, 0) is 12.0 Å². The lowest BCUT2D eigenvalue weighted by Crippen LogP contribution is -2.36. The lowest BCUT2D eigenvalue weighted by molar-refractivity contribution is 0.378. The maximum Gasteiger partial charge on any atom is 0.150 e. The quantitative estimate of drug-likeness (QED) is 0.938. The van der Waals surface area contributed by atoms with Crippen LogP contribution in [0.5, 0.6) is 0 Å². The molecular formula is C17H24N4. The second kappa shape index (κ2) is 5.60. The van der Waals surface area contributed by atoms with Crippen LogP contribution in [0.25, 0.3) is 0 Å². The summed E-state index contributed by atoms with van der Waals surface area (Å²) in [6, 6.07) is 10.9. The summed E-state index contributed by atoms with van der Waals surface area (Å²) in [6.45, 7) is 8.63. The van der Waals surface area contributed by atoms with Crippen molar-refractivity contribution >= 4 is 0 Å². The molecule has 0 radical (unpaired) electrons. The topological polar surface area (TPSA) is 42.7 Å². The number of fused-ring (bicyclic) bond motifs is 1. The van der Waals surface area contributed by atoms with Crippen molar-refractivity contribution < 1.29 is 0 Å². The Kier molecular flexibility index (Phi) is 3.81. The van der Waals surface area contributed by atoms with Crippen LogP contribution >= 0.6 is 0 Å². The Balaban J connectivity index is 2.01. The summed E-state index contributed by atoms with van der Waals surface area (Å²) >= 11 is 0. The summed E-state index contributed by atoms with van der Waals surface area (Å²) in [5, 5.41) is 12.6. The van der Waals surface area contributed by atoms with Crippen LogP contribution in [0.2, 0.25) is 0 Å². The van der Waals surface area contributed by atoms with Gasteiger partial charge in [-0.05, 0) is 25.8 Å². The molecule has 3 rings (SSSR count). The monoisotopic (exact) mass is 284 g/mol. The molecule has 1 atom stereocenters. The summed E-state index contributed by atoms with van der Waals surface area (Å²) in [7, 11) is 0. The molecule has 2 heterocycles. The van der Waals surface area contributed by atoms with Gasteiger partial charge >= 0.3 is 0 Å². The highest BCUT2D eigenvalue weighted by Crippen LogP contribution is 2.32. The third-order valence-corrected chi connectivity index (χ3v) is 4.45. The van der Waals surface area contributed by atoms with E-state index in [1.54, 1.807) is 0 Å². The molecule has 4 nitrogen and oxygen atoms in total. The van der Waals surface area contributed by atoms with Crippen molar-refractivity contribution in [2.75, 3.05) is 6.54 Å². The fourth-order valence-electron chi connectivity index (χ4n) is 3.20. The van der Waals surface area contributed by atoms with Crippen molar-refractivity contribution in [1.82, 2.24) is 20.1 Å². The molecule has 1 aromatic heterocycles. The van der Waals surface area contributed by atoms with Gasteiger partial charge in [0.1, 0.15) is 11.6 Å². The van der Waals surface area contributed by atoms with Gasteiger partial charge in [0.25, 0.3) is 0 Å². The zero-order chi connectivity index (χ0) is 14.9. The lowest BCUT2D eigenvalue weighted by atomic mass is 9.83. The van der Waals surface area contributed by atoms with Gasteiger partial charge in [-0.25, -0.2) is 0 Å². The zero-order valence-electron chi connectivity index (χ0n) is 13.1. The summed E-state index contributed by atoms with van der Waals surface area (Å²) in [6.07, 6.45) is 2.27. The maximum absolute atomic E-state index is 4.55. The molecule has 2 aromatic rings. The number of rotatable bonds is 4. The van der Waals surface area contributed by atoms with Crippen LogP contribution in [0.3, 0.4) is 0 Å². The molecule has 0 aliphatic carbocycles. The Labute approximate surface area is 126 Å². The van der Waals surface area contributed by atoms with Gasteiger partial charge < -0.3 is 9.88 Å². The van der Waals surface area contributed by atoms with Crippen molar-refractivity contribution in [3.63, 3.8) is 0 Å². The van der Waals surface area contributed by atoms with E-state index < -0.39 is 0 Å². The van der Waals surface area contributed by atoms with Crippen LogP contribution < -0.4 is 5.32 Å². The predicted octanol–water partition coefficient (Wildman–Crippen LogP) is 3.05. The number of benzene rings is 1. The first-order valence-corrected chi connectivity index (χ1v) is 7.87. The Bertz CT molecular complexity index is 601. The highest BCUT2D eigenvalue weighted by atomic mass is 15.3. The minimum absolute atomic E-state index is 0.124. The van der Waals surface area contributed by atoms with Crippen LogP contribution in [0, 0.1) is 0 Å². The molecule has 0 saturated heterocycles. The fraction of sp³-hybridized carbons (Fsp3) is 0.529. The van der Waals surface area contributed by atoms with Crippen LogP contribution in [0.4, 0.5) is 0 Å². The molecule has 1 N–H and O–H groups in total. The first-order valence-electron chi connectivity index (χ1n) is 7.87. The second-order valence-electron chi connectivity index (χ2n) is 6.32. The predicted molar refractivity (Wildman–Crippen MR) is 84.2 cm³/mol. The molecule has 1 aliphatic rings. The highest BCUT2D eigenvalue weighted by Gasteiger charge is 2.33. The molecule has 1 unspecified atom stereocenters. The van der Waals surface area contributed by atoms with E-state index in [0.29, 0.717) is 6.04 Å². The number of hydrogen-bond donors (Lipinski definition) is 1. The Hall–Kier alpha value is -1.68. The van der Waals surface area contributed by atoms with Crippen molar-refractivity contribution in [3.05, 3.63) is 47.5 Å². The van der Waals surface area contributed by atoms with Gasteiger partial charge in [0.2, 0.25) is 0 Å². The van der Waals surface area contributed by atoms with Gasteiger partial charge in [-0.1, -0.05) is 43.7 Å². The van der Waals surface area contributed by atoms with E-state index in [2.05, 4.69) is 71.2 Å². The molecule has 0 fully saturated rings. The van der Waals surface area contributed by atoms with Crippen LogP contribution in [-0.4, -0.2) is 21.3 Å². The third kappa shape index (κ3) is 2.48. The first kappa shape index (κ1) is 14.3. The normalized spacial score (nSPS) is 18.5. The summed E-state index contributed by atoms with van der Waals surface area (Å²) < 4.78 is 2.32. The second-order valence-corrected chi connectivity index (χ2v) is 6.32. The molecule has 1 aliphatic heterocycles. The summed E-state index contributed by atoms with van der Waals surface area (Å²) in [5.74, 6) is 2.17. The van der Waals surface area contributed by atoms with Crippen molar-refractivity contribution in [3.8, 4) is 0 Å². The number of nitrogens with one attached hydrogen (secondary N) is 1. The molecule has 112 valence electrons. The highest BCUT2D eigenvalue weighted by molar-refractivity contribution is 5.31. The number of nitrogens with zero attached hydrogens (tertiary/aromatic N) is 3. The average molecular weight is 284 g/mol. The van der Waals surface area contributed by atoms with Gasteiger partial charge in [0.15, 0.2) is 0 Å². The standard InChI is InChI=1S/C17H24N4/c1-4-8-14-15-19-20-16(21(15)12-11-18-14)17(2,3)13-9-6-5-7-10-13/h5-7,9-10,14,18H,4,8,11-12H2,1-3H3. The molecular weight excluding hydrogens is 260 g/mol. The van der Waals surface area contributed by atoms with E-state index in [9.17, 15) is 0 Å². The maximum atomic E-state index is 4.55. The number of hydrogen-bond acceptors (Lipinski definition) is 3. The minimum atomic E-state index is -0.124. The van der Waals surface area contributed by atoms with Gasteiger partial charge in [0, 0.05) is 18.5 Å². The SMILES string of the molecule is CCCC1NCCn2c1nnc2C(C)(C)c1ccccc1. The average Bonchev–Trinajstić information content (AvgIpc) is 2.94. The van der Waals surface area contributed by atoms with Crippen molar-refractivity contribution in [2.24, 2.45) is 0 Å². The molecule has 0 amide bonds. The van der Waals surface area contributed by atoms with Crippen LogP contribution in [0.1, 0.15) is 56.9 Å². The number of aromatic nitrogens is 3. The van der Waals surface area contributed by atoms with E-state index in [1.165, 1.54) is 5.56 Å². The third-order valence-electron chi connectivity index (χ3n) is 4.45. The van der Waals surface area contributed by atoms with E-state index in [0.717, 1.165) is 37.6 Å². The molecule has 21 heavy (non-hydrogen) atoms. The van der Waals surface area contributed by atoms with Gasteiger partial charge in [-0.15, -0.1) is 10.2 Å². The smallest absolute Gasteiger partial charge is 0.150 e. The van der Waals surface area contributed by atoms with Gasteiger partial charge in [-0.3, -0.25) is 0 Å². The first-order chi connectivity index (χ1) is 10.1. The van der Waals surface area contributed by atoms with E-state index in [-0.39, 0.29) is 5.41 Å². The molecule has 0 bridgehead atoms. The van der Waals surface area contributed by atoms with Gasteiger partial charge in [-0.2, -0.15) is 0 Å². The summed E-state index contributed by atoms with van der Waals surface area (Å²) in [4.78, 5) is 0. The minimum Gasteiger partial charge on any atom is -0.312 e. The Morgan fingerprint density at radius 2 is 2.00 bits per heavy atom. The van der Waals surface area contributed by atoms with Crippen molar-refractivity contribution in [1.29, 1.82) is 0 Å². The molecule has 0 spiro atoms. The summed E-state index contributed by atoms with van der Waals surface area (Å²) in [5.41, 5.74) is 1.16. The van der Waals surface area contributed by atoms with E-state index in [4.69, 9.17) is 0 Å². The Morgan fingerprint density at radius 1 is 1.24 bits per heavy atom. The lowest BCUT2D eigenvalue weighted by Gasteiger charge is -2.29. The largest absolute Gasteiger partial charge is 0.312 e. The fourth-order valence-corrected chi connectivity index (χ4v) is 3.20. The molecule has 4 heteroatoms. The Morgan fingerprint density at radius 3 is 2.71 bits per heavy atom. The zero-order valence-corrected chi connectivity index (χ0v) is 13.1. The van der Waals surface area contributed by atoms with Crippen molar-refractivity contribution in [2.45, 2.75) is 51.6 Å². The van der Waals surface area contributed by atoms with E-state index in [1.807, 2.05) is 0 Å². The molecule has 1 aromatic carbocycles. The van der Waals surface area contributed by atoms with E-state index >= 15 is 0 Å². The van der Waals surface area contributed by atoms with Crippen LogP contribution in [0.15, 0.2) is 30.3 Å². The van der Waals surface area contributed by atoms with Gasteiger partial charge in [0.05, 0.1) is 6.04 Å².